The summed E-state index contributed by atoms with van der Waals surface area (Å²) in [6.07, 6.45) is -7.40. The third kappa shape index (κ3) is 4.44. The van der Waals surface area contributed by atoms with Crippen LogP contribution >= 0.6 is 0 Å². The van der Waals surface area contributed by atoms with E-state index in [1.807, 2.05) is 13.8 Å². The molecular weight excluding hydrogens is 384 g/mol. The lowest BCUT2D eigenvalue weighted by Gasteiger charge is -2.31. The topological polar surface area (TPSA) is 78.4 Å². The molecule has 1 aliphatic rings. The van der Waals surface area contributed by atoms with E-state index < -0.39 is 35.3 Å². The van der Waals surface area contributed by atoms with Gasteiger partial charge in [-0.2, -0.15) is 17.6 Å². The van der Waals surface area contributed by atoms with Crippen molar-refractivity contribution in [3.05, 3.63) is 48.0 Å². The lowest BCUT2D eigenvalue weighted by molar-refractivity contribution is -0.391. The van der Waals surface area contributed by atoms with E-state index in [2.05, 4.69) is 19.4 Å². The number of aromatic nitrogens is 2. The number of nitrogens with zero attached hydrogens (tertiary/aromatic N) is 2. The summed E-state index contributed by atoms with van der Waals surface area (Å²) < 4.78 is 60.5. The van der Waals surface area contributed by atoms with E-state index in [9.17, 15) is 27.2 Å². The molecule has 0 saturated heterocycles. The van der Waals surface area contributed by atoms with Gasteiger partial charge >= 0.3 is 12.2 Å². The van der Waals surface area contributed by atoms with Gasteiger partial charge in [-0.1, -0.05) is 13.8 Å². The van der Waals surface area contributed by atoms with E-state index in [-0.39, 0.29) is 24.2 Å². The molecule has 150 valence electrons. The Bertz CT molecular complexity index is 860. The number of rotatable bonds is 5. The summed E-state index contributed by atoms with van der Waals surface area (Å²) in [7, 11) is 0. The SMILES string of the molecule is CC.O=C(CCC(=O)c1ncccn1)c1ccc2c(c1)OC(F)(F)C(F)(F)O2. The monoisotopic (exact) mass is 400 g/mol. The highest BCUT2D eigenvalue weighted by molar-refractivity contribution is 6.01. The number of carbonyl (C=O) groups is 2. The summed E-state index contributed by atoms with van der Waals surface area (Å²) in [6.45, 7) is 4.00. The molecule has 0 amide bonds. The summed E-state index contributed by atoms with van der Waals surface area (Å²) in [4.78, 5) is 31.5. The molecule has 1 aliphatic heterocycles. The minimum Gasteiger partial charge on any atom is -0.421 e. The number of benzene rings is 1. The molecular formula is C18H16F4N2O4. The van der Waals surface area contributed by atoms with E-state index >= 15 is 0 Å². The van der Waals surface area contributed by atoms with Crippen LogP contribution in [0.15, 0.2) is 36.7 Å². The van der Waals surface area contributed by atoms with Crippen LogP contribution < -0.4 is 9.47 Å². The van der Waals surface area contributed by atoms with Gasteiger partial charge in [-0.3, -0.25) is 9.59 Å². The molecule has 1 aromatic heterocycles. The Balaban J connectivity index is 0.00000136. The second kappa shape index (κ2) is 8.32. The second-order valence-corrected chi connectivity index (χ2v) is 5.32. The molecule has 1 aromatic carbocycles. The predicted molar refractivity (Wildman–Crippen MR) is 88.9 cm³/mol. The van der Waals surface area contributed by atoms with Crippen molar-refractivity contribution < 1.29 is 36.6 Å². The summed E-state index contributed by atoms with van der Waals surface area (Å²) in [5.41, 5.74) is -0.0878. The number of fused-ring (bicyclic) bond motifs is 1. The summed E-state index contributed by atoms with van der Waals surface area (Å²) in [5.74, 6) is -2.40. The number of carbonyl (C=O) groups excluding carboxylic acids is 2. The Morgan fingerprint density at radius 2 is 1.43 bits per heavy atom. The van der Waals surface area contributed by atoms with Gasteiger partial charge < -0.3 is 9.47 Å². The zero-order chi connectivity index (χ0) is 20.9. The second-order valence-electron chi connectivity index (χ2n) is 5.32. The van der Waals surface area contributed by atoms with Crippen molar-refractivity contribution >= 4 is 11.6 Å². The Labute approximate surface area is 157 Å². The van der Waals surface area contributed by atoms with E-state index in [1.165, 1.54) is 18.5 Å². The molecule has 0 spiro atoms. The van der Waals surface area contributed by atoms with Crippen molar-refractivity contribution in [1.29, 1.82) is 0 Å². The molecule has 0 bridgehead atoms. The van der Waals surface area contributed by atoms with Crippen molar-refractivity contribution in [2.75, 3.05) is 0 Å². The number of hydrogen-bond donors (Lipinski definition) is 0. The van der Waals surface area contributed by atoms with E-state index in [0.717, 1.165) is 18.2 Å². The first-order valence-electron chi connectivity index (χ1n) is 8.31. The number of Topliss-reactive ketones (excluding diaryl/α,β-unsaturated/α-hetero) is 2. The first-order chi connectivity index (χ1) is 13.2. The molecule has 0 unspecified atom stereocenters. The first-order valence-corrected chi connectivity index (χ1v) is 8.31. The summed E-state index contributed by atoms with van der Waals surface area (Å²) in [5, 5.41) is 0. The average Bonchev–Trinajstić information content (AvgIpc) is 2.68. The number of halogens is 4. The summed E-state index contributed by atoms with van der Waals surface area (Å²) >= 11 is 0. The van der Waals surface area contributed by atoms with Crippen LogP contribution in [0, 0.1) is 0 Å². The number of ketones is 2. The van der Waals surface area contributed by atoms with Gasteiger partial charge in [-0.05, 0) is 24.3 Å². The zero-order valence-corrected chi connectivity index (χ0v) is 14.9. The maximum Gasteiger partial charge on any atom is 0.507 e. The minimum atomic E-state index is -4.87. The first kappa shape index (κ1) is 21.3. The molecule has 10 heteroatoms. The van der Waals surface area contributed by atoms with Crippen LogP contribution in [0.5, 0.6) is 11.5 Å². The Hall–Kier alpha value is -3.04. The molecule has 6 nitrogen and oxygen atoms in total. The fourth-order valence-corrected chi connectivity index (χ4v) is 2.17. The normalized spacial score (nSPS) is 15.8. The molecule has 0 N–H and O–H groups in total. The van der Waals surface area contributed by atoms with Crippen molar-refractivity contribution in [3.63, 3.8) is 0 Å². The molecule has 2 heterocycles. The smallest absolute Gasteiger partial charge is 0.421 e. The molecule has 0 atom stereocenters. The Morgan fingerprint density at radius 3 is 2.04 bits per heavy atom. The van der Waals surface area contributed by atoms with E-state index in [0.29, 0.717) is 0 Å². The van der Waals surface area contributed by atoms with Crippen LogP contribution in [-0.2, 0) is 0 Å². The lowest BCUT2D eigenvalue weighted by Crippen LogP contribution is -2.52. The largest absolute Gasteiger partial charge is 0.507 e. The molecule has 3 rings (SSSR count). The highest BCUT2D eigenvalue weighted by Gasteiger charge is 2.65. The van der Waals surface area contributed by atoms with Crippen molar-refractivity contribution in [2.45, 2.75) is 38.9 Å². The zero-order valence-electron chi connectivity index (χ0n) is 14.9. The molecule has 2 aromatic rings. The fraction of sp³-hybridized carbons (Fsp3) is 0.333. The third-order valence-corrected chi connectivity index (χ3v) is 3.48. The van der Waals surface area contributed by atoms with Crippen LogP contribution in [0.1, 0.15) is 47.7 Å². The molecule has 0 aliphatic carbocycles. The van der Waals surface area contributed by atoms with Crippen LogP contribution in [0.3, 0.4) is 0 Å². The predicted octanol–water partition coefficient (Wildman–Crippen LogP) is 4.31. The summed E-state index contributed by atoms with van der Waals surface area (Å²) in [6, 6.07) is 4.43. The lowest BCUT2D eigenvalue weighted by atomic mass is 10.0. The van der Waals surface area contributed by atoms with Crippen LogP contribution in [0.25, 0.3) is 0 Å². The van der Waals surface area contributed by atoms with Gasteiger partial charge in [0, 0.05) is 30.8 Å². The third-order valence-electron chi connectivity index (χ3n) is 3.48. The van der Waals surface area contributed by atoms with Gasteiger partial charge in [0.15, 0.2) is 28.9 Å². The maximum atomic E-state index is 13.2. The van der Waals surface area contributed by atoms with Gasteiger partial charge in [-0.15, -0.1) is 0 Å². The van der Waals surface area contributed by atoms with Gasteiger partial charge in [0.25, 0.3) is 0 Å². The molecule has 0 fully saturated rings. The minimum absolute atomic E-state index is 0.0515. The number of alkyl halides is 4. The highest BCUT2D eigenvalue weighted by atomic mass is 19.3. The highest BCUT2D eigenvalue weighted by Crippen LogP contribution is 2.47. The quantitative estimate of drug-likeness (QED) is 0.550. The fourth-order valence-electron chi connectivity index (χ4n) is 2.17. The molecule has 0 radical (unpaired) electrons. The van der Waals surface area contributed by atoms with E-state index in [4.69, 9.17) is 0 Å². The Kier molecular flexibility index (Phi) is 6.32. The molecule has 28 heavy (non-hydrogen) atoms. The van der Waals surface area contributed by atoms with Crippen LogP contribution in [0.2, 0.25) is 0 Å². The van der Waals surface area contributed by atoms with Gasteiger partial charge in [0.1, 0.15) is 0 Å². The maximum absolute atomic E-state index is 13.2. The van der Waals surface area contributed by atoms with Crippen LogP contribution in [0.4, 0.5) is 17.6 Å². The van der Waals surface area contributed by atoms with Gasteiger partial charge in [0.2, 0.25) is 0 Å². The standard InChI is InChI=1S/C16H10F4N2O4.C2H6/c17-15(18)16(19,20)26-13-8-9(2-5-12(13)25-15)10(23)3-4-11(24)14-21-6-1-7-22-14;1-2/h1-2,5-8H,3-4H2;1-2H3. The van der Waals surface area contributed by atoms with Crippen molar-refractivity contribution in [1.82, 2.24) is 9.97 Å². The number of hydrogen-bond acceptors (Lipinski definition) is 6. The number of ether oxygens (including phenoxy) is 2. The van der Waals surface area contributed by atoms with Gasteiger partial charge in [0.05, 0.1) is 0 Å². The molecule has 0 saturated carbocycles. The Morgan fingerprint density at radius 1 is 0.893 bits per heavy atom. The van der Waals surface area contributed by atoms with Crippen molar-refractivity contribution in [3.8, 4) is 11.5 Å². The van der Waals surface area contributed by atoms with Gasteiger partial charge in [-0.25, -0.2) is 9.97 Å². The van der Waals surface area contributed by atoms with Crippen molar-refractivity contribution in [2.24, 2.45) is 0 Å². The van der Waals surface area contributed by atoms with Crippen LogP contribution in [-0.4, -0.2) is 33.8 Å². The van der Waals surface area contributed by atoms with E-state index in [1.54, 1.807) is 0 Å². The average molecular weight is 400 g/mol.